The van der Waals surface area contributed by atoms with E-state index in [1.165, 1.54) is 13.8 Å². The number of imidazole rings is 1. The highest BCUT2D eigenvalue weighted by Crippen LogP contribution is 2.61. The molecule has 0 aliphatic carbocycles. The summed E-state index contributed by atoms with van der Waals surface area (Å²) in [6.45, 7) is 0.132. The molecule has 7 atom stereocenters. The molecule has 0 spiro atoms. The fourth-order valence-electron chi connectivity index (χ4n) is 4.47. The molecule has 1 fully saturated rings. The fraction of sp³-hybridized carbons (Fsp3) is 0.640. The minimum Gasteiger partial charge on any atom is -0.481 e. The number of aromatic nitrogens is 4. The van der Waals surface area contributed by atoms with E-state index in [1.54, 1.807) is 0 Å². The third-order valence-electron chi connectivity index (χ3n) is 7.06. The number of carbonyl (C=O) groups excluding carboxylic acids is 3. The first kappa shape index (κ1) is 48.2. The molecule has 2 amide bonds. The van der Waals surface area contributed by atoms with E-state index < -0.39 is 102 Å². The Labute approximate surface area is 315 Å². The fourth-order valence-corrected chi connectivity index (χ4v) is 7.96. The van der Waals surface area contributed by atoms with Gasteiger partial charge < -0.3 is 56.0 Å². The molecule has 11 N–H and O–H groups in total. The van der Waals surface area contributed by atoms with Crippen LogP contribution in [0.15, 0.2) is 12.7 Å². The van der Waals surface area contributed by atoms with E-state index >= 15 is 0 Å². The maximum atomic E-state index is 12.6. The van der Waals surface area contributed by atoms with Crippen LogP contribution in [0.3, 0.4) is 0 Å². The number of phosphoric ester groups is 3. The average molecular weight is 870 g/mol. The summed E-state index contributed by atoms with van der Waals surface area (Å²) in [4.78, 5) is 97.0. The number of rotatable bonds is 21. The molecule has 1 aliphatic rings. The second-order valence-corrected chi connectivity index (χ2v) is 17.2. The van der Waals surface area contributed by atoms with Crippen molar-refractivity contribution in [3.63, 3.8) is 0 Å². The Balaban J connectivity index is 0.0000105. The topological polar surface area (TPSA) is 401 Å². The molecule has 312 valence electrons. The molecular weight excluding hydrogens is 827 g/mol. The van der Waals surface area contributed by atoms with Crippen molar-refractivity contribution in [2.24, 2.45) is 5.41 Å². The Morgan fingerprint density at radius 1 is 1.05 bits per heavy atom. The molecule has 1 aliphatic heterocycles. The van der Waals surface area contributed by atoms with Gasteiger partial charge in [0.2, 0.25) is 11.8 Å². The molecule has 2 aromatic heterocycles. The number of nitrogens with one attached hydrogen (secondary N) is 2. The predicted molar refractivity (Wildman–Crippen MR) is 186 cm³/mol. The molecule has 30 heteroatoms. The Kier molecular flexibility index (Phi) is 17.5. The number of carboxylic acids is 1. The van der Waals surface area contributed by atoms with Crippen LogP contribution in [-0.2, 0) is 55.5 Å². The van der Waals surface area contributed by atoms with Crippen LogP contribution in [0.25, 0.3) is 11.2 Å². The van der Waals surface area contributed by atoms with E-state index in [0.717, 1.165) is 29.0 Å². The maximum absolute atomic E-state index is 12.6. The SMILES string of the molecule is C.CC(C)(COP(=O)(O)OP(=O)(O)OC[C@H]1O[C@@H](n2cnc3c(N)ncnc32)[C@H](O)[C@@H]1OP(=O)(O)O)C(O)C(=O)NCCC(=O)NCCSC(=O)CC(=O)O. The number of hydrogen-bond donors (Lipinski definition) is 10. The van der Waals surface area contributed by atoms with Gasteiger partial charge in [0.1, 0.15) is 42.7 Å². The Bertz CT molecular complexity index is 1830. The molecule has 55 heavy (non-hydrogen) atoms. The van der Waals surface area contributed by atoms with Crippen LogP contribution in [0.2, 0.25) is 0 Å². The predicted octanol–water partition coefficient (Wildman–Crippen LogP) is -1.22. The van der Waals surface area contributed by atoms with Crippen LogP contribution < -0.4 is 16.4 Å². The number of aliphatic hydroxyl groups is 2. The van der Waals surface area contributed by atoms with Gasteiger partial charge in [0.15, 0.2) is 22.8 Å². The number of ether oxygens (including phenoxy) is 1. The van der Waals surface area contributed by atoms with Gasteiger partial charge in [-0.25, -0.2) is 28.6 Å². The molecule has 0 radical (unpaired) electrons. The van der Waals surface area contributed by atoms with Gasteiger partial charge in [0.25, 0.3) is 0 Å². The van der Waals surface area contributed by atoms with Gasteiger partial charge in [0.05, 0.1) is 19.5 Å². The average Bonchev–Trinajstić information content (AvgIpc) is 3.60. The van der Waals surface area contributed by atoms with E-state index in [2.05, 4.69) is 34.4 Å². The lowest BCUT2D eigenvalue weighted by Crippen LogP contribution is -2.46. The number of nitrogens with two attached hydrogens (primary N) is 1. The zero-order valence-electron chi connectivity index (χ0n) is 28.1. The first-order valence-electron chi connectivity index (χ1n) is 15.2. The van der Waals surface area contributed by atoms with Gasteiger partial charge in [-0.2, -0.15) is 4.31 Å². The number of carbonyl (C=O) groups is 4. The summed E-state index contributed by atoms with van der Waals surface area (Å²) in [6, 6.07) is 0. The quantitative estimate of drug-likeness (QED) is 0.0399. The number of amides is 2. The van der Waals surface area contributed by atoms with E-state index in [1.807, 2.05) is 0 Å². The van der Waals surface area contributed by atoms with E-state index in [4.69, 9.17) is 24.6 Å². The first-order chi connectivity index (χ1) is 24.9. The molecule has 3 unspecified atom stereocenters. The molecule has 3 heterocycles. The number of aliphatic hydroxyl groups excluding tert-OH is 2. The van der Waals surface area contributed by atoms with Crippen molar-refractivity contribution in [2.45, 2.75) is 64.8 Å². The van der Waals surface area contributed by atoms with Crippen LogP contribution in [0.1, 0.15) is 40.3 Å². The number of nitrogens with zero attached hydrogens (tertiary/aromatic N) is 4. The summed E-state index contributed by atoms with van der Waals surface area (Å²) in [5.74, 6) is -2.80. The van der Waals surface area contributed by atoms with Crippen LogP contribution in [-0.4, -0.2) is 134 Å². The molecule has 1 saturated heterocycles. The van der Waals surface area contributed by atoms with Gasteiger partial charge in [-0.05, 0) is 0 Å². The number of anilines is 1. The summed E-state index contributed by atoms with van der Waals surface area (Å²) in [5.41, 5.74) is 4.19. The molecular formula is C25H42N7O19P3S. The zero-order chi connectivity index (χ0) is 40.6. The zero-order valence-corrected chi connectivity index (χ0v) is 31.6. The molecule has 0 bridgehead atoms. The van der Waals surface area contributed by atoms with Crippen molar-refractivity contribution in [1.82, 2.24) is 30.2 Å². The summed E-state index contributed by atoms with van der Waals surface area (Å²) in [6.07, 6.45) is -7.78. The van der Waals surface area contributed by atoms with Crippen molar-refractivity contribution < 1.29 is 90.4 Å². The van der Waals surface area contributed by atoms with E-state index in [-0.39, 0.29) is 49.7 Å². The number of nitrogen functional groups attached to an aromatic ring is 1. The van der Waals surface area contributed by atoms with Gasteiger partial charge in [-0.1, -0.05) is 33.0 Å². The van der Waals surface area contributed by atoms with Crippen molar-refractivity contribution in [2.75, 3.05) is 37.8 Å². The largest absolute Gasteiger partial charge is 0.481 e. The Morgan fingerprint density at radius 2 is 1.71 bits per heavy atom. The summed E-state index contributed by atoms with van der Waals surface area (Å²) >= 11 is 0.718. The number of carboxylic acid groups (broad SMARTS) is 1. The van der Waals surface area contributed by atoms with Gasteiger partial charge in [-0.3, -0.25) is 37.3 Å². The number of aliphatic carboxylic acids is 1. The molecule has 0 saturated carbocycles. The van der Waals surface area contributed by atoms with Crippen LogP contribution in [0.4, 0.5) is 5.82 Å². The highest BCUT2D eigenvalue weighted by molar-refractivity contribution is 8.13. The number of hydrogen-bond acceptors (Lipinski definition) is 19. The summed E-state index contributed by atoms with van der Waals surface area (Å²) < 4.78 is 61.8. The second-order valence-electron chi connectivity index (χ2n) is 11.9. The van der Waals surface area contributed by atoms with Crippen molar-refractivity contribution in [1.29, 1.82) is 0 Å². The molecule has 26 nitrogen and oxygen atoms in total. The smallest absolute Gasteiger partial charge is 0.481 e. The maximum Gasteiger partial charge on any atom is 0.481 e. The van der Waals surface area contributed by atoms with Crippen molar-refractivity contribution >= 4 is 75.1 Å². The number of thioether (sulfide) groups is 1. The van der Waals surface area contributed by atoms with Crippen LogP contribution in [0.5, 0.6) is 0 Å². The minimum atomic E-state index is -5.59. The Morgan fingerprint density at radius 3 is 2.35 bits per heavy atom. The lowest BCUT2D eigenvalue weighted by molar-refractivity contribution is -0.139. The second kappa shape index (κ2) is 19.9. The Hall–Kier alpha value is -2.97. The number of fused-ring (bicyclic) bond motifs is 1. The molecule has 2 aromatic rings. The summed E-state index contributed by atoms with van der Waals surface area (Å²) in [5, 5.41) is 34.0. The lowest BCUT2D eigenvalue weighted by atomic mass is 9.87. The summed E-state index contributed by atoms with van der Waals surface area (Å²) in [7, 11) is -16.4. The van der Waals surface area contributed by atoms with Gasteiger partial charge in [-0.15, -0.1) is 0 Å². The molecule has 0 aromatic carbocycles. The monoisotopic (exact) mass is 869 g/mol. The standard InChI is InChI=1S/C24H38N7O19P3S.CH4/c1-24(2,19(37)22(38)27-4-3-13(32)26-5-6-54-15(35)7-14(33)34)9-47-53(44,45)50-52(42,43)46-8-12-18(49-51(39,40)41)17(36)23(48-12)31-11-30-16-20(25)28-10-29-21(16)31;/h10-12,17-19,23,36-37H,3-9H2,1-2H3,(H,26,32)(H,27,38)(H,33,34)(H,42,43)(H,44,45)(H2,25,28,29)(H2,39,40,41);1H4/t12-,17-,18-,19?,23-;/m1./s1. The van der Waals surface area contributed by atoms with Gasteiger partial charge in [0, 0.05) is 30.7 Å². The van der Waals surface area contributed by atoms with Crippen molar-refractivity contribution in [3.8, 4) is 0 Å². The highest BCUT2D eigenvalue weighted by Gasteiger charge is 2.50. The normalized spacial score (nSPS) is 21.5. The number of phosphoric acid groups is 3. The van der Waals surface area contributed by atoms with Crippen LogP contribution in [0, 0.1) is 5.41 Å². The van der Waals surface area contributed by atoms with Gasteiger partial charge >= 0.3 is 29.4 Å². The lowest BCUT2D eigenvalue weighted by Gasteiger charge is -2.30. The first-order valence-corrected chi connectivity index (χ1v) is 20.7. The highest BCUT2D eigenvalue weighted by atomic mass is 32.2. The molecule has 3 rings (SSSR count). The third-order valence-corrected chi connectivity index (χ3v) is 11.0. The van der Waals surface area contributed by atoms with Crippen LogP contribution >= 0.6 is 35.2 Å². The third kappa shape index (κ3) is 14.8. The minimum absolute atomic E-state index is 0. The van der Waals surface area contributed by atoms with E-state index in [0.29, 0.717) is 0 Å². The van der Waals surface area contributed by atoms with E-state index in [9.17, 15) is 62.7 Å². The van der Waals surface area contributed by atoms with Crippen molar-refractivity contribution in [3.05, 3.63) is 12.7 Å².